The summed E-state index contributed by atoms with van der Waals surface area (Å²) in [5.41, 5.74) is 0. The normalized spacial score (nSPS) is 12.0. The quantitative estimate of drug-likeness (QED) is 0.632. The molecule has 0 aliphatic rings. The molecule has 0 spiro atoms. The summed E-state index contributed by atoms with van der Waals surface area (Å²) in [6.07, 6.45) is 0. The summed E-state index contributed by atoms with van der Waals surface area (Å²) >= 11 is 0. The fourth-order valence-electron chi connectivity index (χ4n) is 2.06. The molecule has 0 N–H and O–H groups in total. The number of ether oxygens (including phenoxy) is 1. The predicted octanol–water partition coefficient (Wildman–Crippen LogP) is 1.88. The summed E-state index contributed by atoms with van der Waals surface area (Å²) in [7, 11) is 7.95. The minimum Gasteiger partial charge on any atom is -0.467 e. The smallest absolute Gasteiger partial charge is 0.328 e. The van der Waals surface area contributed by atoms with E-state index in [2.05, 4.69) is 4.74 Å². The molecule has 28 heavy (non-hydrogen) atoms. The zero-order valence-corrected chi connectivity index (χ0v) is 18.7. The molecule has 0 fully saturated rings. The fraction of sp³-hybridized carbons (Fsp3) is 0.800. The standard InChI is InChI=1S/C10H20N2O2.C9H17NO3.CH4/c1-7(2)9(13)12(6)8(3)10(14)11(4)5;1-6(2)8(11)10(4)7(3)9(12)13-5;/h7-8H,1-6H3;6-7H,1-5H3;1H4. The molecule has 0 saturated carbocycles. The average Bonchev–Trinajstić information content (AvgIpc) is 2.62. The Labute approximate surface area is 171 Å². The third kappa shape index (κ3) is 9.71. The number of carbonyl (C=O) groups is 4. The zero-order chi connectivity index (χ0) is 22.1. The second-order valence-corrected chi connectivity index (χ2v) is 7.32. The highest BCUT2D eigenvalue weighted by atomic mass is 16.5. The van der Waals surface area contributed by atoms with E-state index in [9.17, 15) is 19.2 Å². The van der Waals surface area contributed by atoms with Crippen LogP contribution in [-0.4, -0.2) is 85.8 Å². The van der Waals surface area contributed by atoms with Crippen LogP contribution in [0.5, 0.6) is 0 Å². The van der Waals surface area contributed by atoms with Crippen LogP contribution < -0.4 is 0 Å². The second-order valence-electron chi connectivity index (χ2n) is 7.32. The van der Waals surface area contributed by atoms with Gasteiger partial charge in [-0.05, 0) is 13.8 Å². The molecule has 8 nitrogen and oxygen atoms in total. The van der Waals surface area contributed by atoms with Gasteiger partial charge in [-0.25, -0.2) is 4.79 Å². The van der Waals surface area contributed by atoms with Crippen LogP contribution in [-0.2, 0) is 23.9 Å². The Morgan fingerprint density at radius 3 is 1.21 bits per heavy atom. The molecule has 0 aromatic heterocycles. The van der Waals surface area contributed by atoms with E-state index in [0.29, 0.717) is 0 Å². The van der Waals surface area contributed by atoms with Crippen LogP contribution in [0.15, 0.2) is 0 Å². The highest BCUT2D eigenvalue weighted by Gasteiger charge is 2.25. The maximum absolute atomic E-state index is 11.6. The molecule has 0 radical (unpaired) electrons. The minimum atomic E-state index is -0.514. The number of methoxy groups -OCH3 is 1. The molecule has 0 heterocycles. The van der Waals surface area contributed by atoms with Crippen molar-refractivity contribution >= 4 is 23.7 Å². The maximum atomic E-state index is 11.6. The first-order chi connectivity index (χ1) is 12.2. The Morgan fingerprint density at radius 1 is 0.643 bits per heavy atom. The van der Waals surface area contributed by atoms with Crippen molar-refractivity contribution in [3.05, 3.63) is 0 Å². The highest BCUT2D eigenvalue weighted by Crippen LogP contribution is 2.06. The number of nitrogens with zero attached hydrogens (tertiary/aromatic N) is 3. The molecular formula is C20H41N3O5. The van der Waals surface area contributed by atoms with Gasteiger partial charge in [-0.1, -0.05) is 35.1 Å². The van der Waals surface area contributed by atoms with Gasteiger partial charge in [0.15, 0.2) is 0 Å². The summed E-state index contributed by atoms with van der Waals surface area (Å²) in [6.45, 7) is 10.6. The van der Waals surface area contributed by atoms with Crippen LogP contribution in [0.4, 0.5) is 0 Å². The summed E-state index contributed by atoms with van der Waals surface area (Å²) in [6, 6.07) is -0.903. The van der Waals surface area contributed by atoms with Gasteiger partial charge in [-0.3, -0.25) is 14.4 Å². The van der Waals surface area contributed by atoms with E-state index >= 15 is 0 Å². The molecular weight excluding hydrogens is 362 g/mol. The lowest BCUT2D eigenvalue weighted by Gasteiger charge is -2.27. The molecule has 8 heteroatoms. The summed E-state index contributed by atoms with van der Waals surface area (Å²) < 4.78 is 4.53. The lowest BCUT2D eigenvalue weighted by Crippen LogP contribution is -2.46. The SMILES string of the molecule is C.CC(C)C(=O)N(C)C(C)C(=O)N(C)C.COC(=O)C(C)N(C)C(=O)C(C)C. The van der Waals surface area contributed by atoms with Crippen molar-refractivity contribution in [1.29, 1.82) is 0 Å². The number of carbonyl (C=O) groups excluding carboxylic acids is 4. The van der Waals surface area contributed by atoms with Gasteiger partial charge in [0.1, 0.15) is 12.1 Å². The van der Waals surface area contributed by atoms with E-state index in [1.54, 1.807) is 55.9 Å². The molecule has 3 amide bonds. The zero-order valence-electron chi connectivity index (χ0n) is 18.7. The summed E-state index contributed by atoms with van der Waals surface area (Å²) in [5.74, 6) is -0.682. The third-order valence-electron chi connectivity index (χ3n) is 4.19. The van der Waals surface area contributed by atoms with Crippen LogP contribution in [0.2, 0.25) is 0 Å². The summed E-state index contributed by atoms with van der Waals surface area (Å²) in [4.78, 5) is 50.0. The molecule has 166 valence electrons. The maximum Gasteiger partial charge on any atom is 0.328 e. The first-order valence-corrected chi connectivity index (χ1v) is 9.02. The molecule has 0 aromatic rings. The number of hydrogen-bond donors (Lipinski definition) is 0. The number of esters is 1. The average molecular weight is 404 g/mol. The van der Waals surface area contributed by atoms with Crippen LogP contribution >= 0.6 is 0 Å². The Morgan fingerprint density at radius 2 is 0.964 bits per heavy atom. The molecule has 0 aromatic carbocycles. The van der Waals surface area contributed by atoms with Gasteiger partial charge in [0.25, 0.3) is 0 Å². The van der Waals surface area contributed by atoms with Crippen LogP contribution in [0.25, 0.3) is 0 Å². The van der Waals surface area contributed by atoms with E-state index in [0.717, 1.165) is 0 Å². The van der Waals surface area contributed by atoms with Crippen molar-refractivity contribution in [3.8, 4) is 0 Å². The van der Waals surface area contributed by atoms with Crippen LogP contribution in [0.3, 0.4) is 0 Å². The second kappa shape index (κ2) is 14.0. The van der Waals surface area contributed by atoms with Gasteiger partial charge in [0.2, 0.25) is 17.7 Å². The number of amides is 3. The largest absolute Gasteiger partial charge is 0.467 e. The number of rotatable bonds is 6. The third-order valence-corrected chi connectivity index (χ3v) is 4.19. The Balaban J connectivity index is -0.000000432. The molecule has 0 rings (SSSR count). The van der Waals surface area contributed by atoms with Crippen LogP contribution in [0.1, 0.15) is 49.0 Å². The Hall–Kier alpha value is -2.12. The first-order valence-electron chi connectivity index (χ1n) is 9.02. The minimum absolute atomic E-state index is 0. The van der Waals surface area contributed by atoms with Crippen molar-refractivity contribution in [2.75, 3.05) is 35.3 Å². The van der Waals surface area contributed by atoms with Crippen molar-refractivity contribution in [1.82, 2.24) is 14.7 Å². The van der Waals surface area contributed by atoms with E-state index in [4.69, 9.17) is 0 Å². The Kier molecular flexibility index (Phi) is 15.3. The summed E-state index contributed by atoms with van der Waals surface area (Å²) in [5, 5.41) is 0. The van der Waals surface area contributed by atoms with Gasteiger partial charge in [0, 0.05) is 40.0 Å². The first kappa shape index (κ1) is 30.6. The van der Waals surface area contributed by atoms with Gasteiger partial charge < -0.3 is 19.4 Å². The van der Waals surface area contributed by atoms with Gasteiger partial charge >= 0.3 is 5.97 Å². The van der Waals surface area contributed by atoms with Gasteiger partial charge in [-0.15, -0.1) is 0 Å². The molecule has 0 saturated heterocycles. The van der Waals surface area contributed by atoms with Gasteiger partial charge in [-0.2, -0.15) is 0 Å². The van der Waals surface area contributed by atoms with E-state index in [1.807, 2.05) is 13.8 Å². The fourth-order valence-corrected chi connectivity index (χ4v) is 2.06. The van der Waals surface area contributed by atoms with Crippen LogP contribution in [0, 0.1) is 11.8 Å². The molecule has 2 atom stereocenters. The molecule has 0 aliphatic carbocycles. The Bertz CT molecular complexity index is 494. The van der Waals surface area contributed by atoms with E-state index in [-0.39, 0.29) is 43.0 Å². The van der Waals surface area contributed by atoms with Crippen molar-refractivity contribution in [2.45, 2.75) is 61.1 Å². The van der Waals surface area contributed by atoms with E-state index < -0.39 is 12.0 Å². The van der Waals surface area contributed by atoms with E-state index in [1.165, 1.54) is 21.8 Å². The highest BCUT2D eigenvalue weighted by molar-refractivity contribution is 5.87. The van der Waals surface area contributed by atoms with Crippen molar-refractivity contribution in [2.24, 2.45) is 11.8 Å². The van der Waals surface area contributed by atoms with Crippen molar-refractivity contribution in [3.63, 3.8) is 0 Å². The molecule has 0 aliphatic heterocycles. The van der Waals surface area contributed by atoms with Gasteiger partial charge in [0.05, 0.1) is 7.11 Å². The molecule has 2 unspecified atom stereocenters. The topological polar surface area (TPSA) is 87.2 Å². The number of likely N-dealkylation sites (N-methyl/N-ethyl adjacent to an activating group) is 3. The lowest BCUT2D eigenvalue weighted by atomic mass is 10.1. The number of hydrogen-bond acceptors (Lipinski definition) is 5. The lowest BCUT2D eigenvalue weighted by molar-refractivity contribution is -0.152. The molecule has 0 bridgehead atoms. The monoisotopic (exact) mass is 403 g/mol. The predicted molar refractivity (Wildman–Crippen MR) is 112 cm³/mol. The van der Waals surface area contributed by atoms with Crippen molar-refractivity contribution < 1.29 is 23.9 Å².